The van der Waals surface area contributed by atoms with Gasteiger partial charge in [0.2, 0.25) is 0 Å². The van der Waals surface area contributed by atoms with Crippen molar-refractivity contribution in [3.05, 3.63) is 77.6 Å². The van der Waals surface area contributed by atoms with Crippen LogP contribution in [0.15, 0.2) is 54.9 Å². The van der Waals surface area contributed by atoms with E-state index in [0.29, 0.717) is 5.69 Å². The Balaban J connectivity index is 2.05. The van der Waals surface area contributed by atoms with E-state index in [1.54, 1.807) is 25.4 Å². The van der Waals surface area contributed by atoms with Gasteiger partial charge in [-0.05, 0) is 29.8 Å². The minimum Gasteiger partial charge on any atom is -0.497 e. The van der Waals surface area contributed by atoms with Gasteiger partial charge in [-0.3, -0.25) is 0 Å². The Bertz CT molecular complexity index is 912. The van der Waals surface area contributed by atoms with Crippen molar-refractivity contribution in [1.29, 1.82) is 5.26 Å². The lowest BCUT2D eigenvalue weighted by molar-refractivity contribution is 0.414. The van der Waals surface area contributed by atoms with E-state index in [4.69, 9.17) is 4.74 Å². The largest absolute Gasteiger partial charge is 0.497 e. The summed E-state index contributed by atoms with van der Waals surface area (Å²) in [5, 5.41) is 12.5. The zero-order chi connectivity index (χ0) is 17.8. The predicted octanol–water partition coefficient (Wildman–Crippen LogP) is 3.64. The first kappa shape index (κ1) is 16.5. The zero-order valence-electron chi connectivity index (χ0n) is 13.9. The molecule has 1 N–H and O–H groups in total. The molecule has 0 saturated heterocycles. The van der Waals surface area contributed by atoms with Gasteiger partial charge >= 0.3 is 0 Å². The molecule has 1 atom stereocenters. The highest BCUT2D eigenvalue weighted by atomic mass is 19.1. The van der Waals surface area contributed by atoms with Crippen LogP contribution >= 0.6 is 0 Å². The fourth-order valence-corrected chi connectivity index (χ4v) is 2.66. The van der Waals surface area contributed by atoms with Gasteiger partial charge in [-0.25, -0.2) is 9.37 Å². The molecular weight excluding hydrogens is 319 g/mol. The van der Waals surface area contributed by atoms with Gasteiger partial charge in [0.15, 0.2) is 0 Å². The second kappa shape index (κ2) is 7.05. The molecule has 0 fully saturated rings. The Morgan fingerprint density at radius 3 is 2.60 bits per heavy atom. The lowest BCUT2D eigenvalue weighted by atomic mass is 10.0. The number of methoxy groups -OCH3 is 1. The molecular formula is C19H17FN4O. The molecule has 0 radical (unpaired) electrons. The lowest BCUT2D eigenvalue weighted by Gasteiger charge is -2.21. The number of nitrogens with zero attached hydrogens (tertiary/aromatic N) is 3. The van der Waals surface area contributed by atoms with E-state index < -0.39 is 5.82 Å². The molecule has 0 bridgehead atoms. The van der Waals surface area contributed by atoms with Crippen LogP contribution in [-0.2, 0) is 7.05 Å². The second-order valence-electron chi connectivity index (χ2n) is 5.52. The van der Waals surface area contributed by atoms with Crippen molar-refractivity contribution in [1.82, 2.24) is 9.55 Å². The van der Waals surface area contributed by atoms with Gasteiger partial charge in [0.1, 0.15) is 35.1 Å². The molecule has 0 saturated carbocycles. The van der Waals surface area contributed by atoms with Crippen molar-refractivity contribution in [2.24, 2.45) is 7.05 Å². The van der Waals surface area contributed by atoms with Gasteiger partial charge in [-0.2, -0.15) is 5.26 Å². The Labute approximate surface area is 145 Å². The summed E-state index contributed by atoms with van der Waals surface area (Å²) in [6.45, 7) is 0. The highest BCUT2D eigenvalue weighted by Crippen LogP contribution is 2.29. The summed E-state index contributed by atoms with van der Waals surface area (Å²) in [7, 11) is 3.49. The van der Waals surface area contributed by atoms with E-state index in [-0.39, 0.29) is 11.6 Å². The van der Waals surface area contributed by atoms with Crippen molar-refractivity contribution >= 4 is 5.69 Å². The van der Waals surface area contributed by atoms with E-state index in [2.05, 4.69) is 10.3 Å². The number of anilines is 1. The SMILES string of the molecule is COc1ccc([C@@H](Nc2cccc(F)c2C#N)c2nccn2C)cc1. The quantitative estimate of drug-likeness (QED) is 0.773. The molecule has 25 heavy (non-hydrogen) atoms. The van der Waals surface area contributed by atoms with E-state index in [0.717, 1.165) is 17.1 Å². The van der Waals surface area contributed by atoms with Gasteiger partial charge in [0, 0.05) is 19.4 Å². The Kier molecular flexibility index (Phi) is 4.66. The van der Waals surface area contributed by atoms with Crippen LogP contribution in [0.3, 0.4) is 0 Å². The molecule has 1 heterocycles. The molecule has 0 unspecified atom stereocenters. The summed E-state index contributed by atoms with van der Waals surface area (Å²) in [5.41, 5.74) is 1.32. The zero-order valence-corrected chi connectivity index (χ0v) is 13.9. The highest BCUT2D eigenvalue weighted by Gasteiger charge is 2.20. The second-order valence-corrected chi connectivity index (χ2v) is 5.52. The molecule has 5 nitrogen and oxygen atoms in total. The predicted molar refractivity (Wildman–Crippen MR) is 92.8 cm³/mol. The van der Waals surface area contributed by atoms with Crippen LogP contribution in [0.5, 0.6) is 5.75 Å². The van der Waals surface area contributed by atoms with Crippen molar-refractivity contribution in [2.75, 3.05) is 12.4 Å². The molecule has 3 rings (SSSR count). The Morgan fingerprint density at radius 2 is 2.00 bits per heavy atom. The third-order valence-corrected chi connectivity index (χ3v) is 3.99. The number of benzene rings is 2. The fourth-order valence-electron chi connectivity index (χ4n) is 2.66. The average molecular weight is 336 g/mol. The number of nitrogens with one attached hydrogen (secondary N) is 1. The number of aromatic nitrogens is 2. The molecule has 2 aromatic carbocycles. The first-order valence-electron chi connectivity index (χ1n) is 7.70. The van der Waals surface area contributed by atoms with Crippen LogP contribution in [0.25, 0.3) is 0 Å². The lowest BCUT2D eigenvalue weighted by Crippen LogP contribution is -2.17. The summed E-state index contributed by atoms with van der Waals surface area (Å²) in [6, 6.07) is 13.6. The topological polar surface area (TPSA) is 62.9 Å². The van der Waals surface area contributed by atoms with E-state index in [1.807, 2.05) is 48.1 Å². The Hall–Kier alpha value is -3.33. The van der Waals surface area contributed by atoms with Gasteiger partial charge in [-0.15, -0.1) is 0 Å². The number of rotatable bonds is 5. The molecule has 0 spiro atoms. The van der Waals surface area contributed by atoms with Crippen LogP contribution in [-0.4, -0.2) is 16.7 Å². The minimum atomic E-state index is -0.555. The number of aryl methyl sites for hydroxylation is 1. The number of ether oxygens (including phenoxy) is 1. The van der Waals surface area contributed by atoms with Gasteiger partial charge in [-0.1, -0.05) is 18.2 Å². The van der Waals surface area contributed by atoms with E-state index in [1.165, 1.54) is 6.07 Å². The average Bonchev–Trinajstić information content (AvgIpc) is 3.05. The minimum absolute atomic E-state index is 0.0183. The van der Waals surface area contributed by atoms with Crippen molar-refractivity contribution in [3.63, 3.8) is 0 Å². The van der Waals surface area contributed by atoms with Crippen LogP contribution in [0.4, 0.5) is 10.1 Å². The first-order valence-corrected chi connectivity index (χ1v) is 7.70. The Morgan fingerprint density at radius 1 is 1.24 bits per heavy atom. The van der Waals surface area contributed by atoms with Crippen LogP contribution < -0.4 is 10.1 Å². The summed E-state index contributed by atoms with van der Waals surface area (Å²) in [6.07, 6.45) is 3.54. The van der Waals surface area contributed by atoms with Crippen LogP contribution in [0.1, 0.15) is 23.0 Å². The summed E-state index contributed by atoms with van der Waals surface area (Å²) < 4.78 is 21.0. The summed E-state index contributed by atoms with van der Waals surface area (Å²) >= 11 is 0. The maximum atomic E-state index is 13.9. The molecule has 1 aromatic heterocycles. The van der Waals surface area contributed by atoms with Gasteiger partial charge < -0.3 is 14.6 Å². The smallest absolute Gasteiger partial charge is 0.143 e. The maximum absolute atomic E-state index is 13.9. The van der Waals surface area contributed by atoms with Crippen LogP contribution in [0, 0.1) is 17.1 Å². The highest BCUT2D eigenvalue weighted by molar-refractivity contribution is 5.60. The number of imidazole rings is 1. The summed E-state index contributed by atoms with van der Waals surface area (Å²) in [5.74, 6) is 0.935. The fraction of sp³-hybridized carbons (Fsp3) is 0.158. The van der Waals surface area contributed by atoms with Crippen molar-refractivity contribution < 1.29 is 9.13 Å². The molecule has 6 heteroatoms. The monoisotopic (exact) mass is 336 g/mol. The molecule has 3 aromatic rings. The van der Waals surface area contributed by atoms with Crippen molar-refractivity contribution in [3.8, 4) is 11.8 Å². The number of hydrogen-bond donors (Lipinski definition) is 1. The van der Waals surface area contributed by atoms with Gasteiger partial charge in [0.25, 0.3) is 0 Å². The number of halogens is 1. The first-order chi connectivity index (χ1) is 12.1. The standard InChI is InChI=1S/C19H17FN4O/c1-24-11-10-22-19(24)18(13-6-8-14(25-2)9-7-13)23-17-5-3-4-16(20)15(17)12-21/h3-11,18,23H,1-2H3/t18-/m1/s1. The van der Waals surface area contributed by atoms with Crippen LogP contribution in [0.2, 0.25) is 0 Å². The molecule has 0 aliphatic carbocycles. The molecule has 0 amide bonds. The normalized spacial score (nSPS) is 11.6. The number of nitriles is 1. The molecule has 126 valence electrons. The number of hydrogen-bond acceptors (Lipinski definition) is 4. The maximum Gasteiger partial charge on any atom is 0.143 e. The third-order valence-electron chi connectivity index (χ3n) is 3.99. The van der Waals surface area contributed by atoms with Gasteiger partial charge in [0.05, 0.1) is 12.8 Å². The summed E-state index contributed by atoms with van der Waals surface area (Å²) in [4.78, 5) is 4.40. The molecule has 0 aliphatic rings. The van der Waals surface area contributed by atoms with E-state index in [9.17, 15) is 9.65 Å². The third kappa shape index (κ3) is 3.31. The van der Waals surface area contributed by atoms with Crippen molar-refractivity contribution in [2.45, 2.75) is 6.04 Å². The van der Waals surface area contributed by atoms with E-state index >= 15 is 0 Å². The molecule has 0 aliphatic heterocycles.